The number of benzene rings is 1. The molecule has 2 rings (SSSR count). The Labute approximate surface area is 116 Å². The maximum atomic E-state index is 5.97. The van der Waals surface area contributed by atoms with Gasteiger partial charge in [-0.15, -0.1) is 0 Å². The van der Waals surface area contributed by atoms with Crippen molar-refractivity contribution >= 4 is 22.8 Å². The molecule has 0 spiro atoms. The van der Waals surface area contributed by atoms with E-state index in [4.69, 9.17) is 15.2 Å². The maximum Gasteiger partial charge on any atom is 0.166 e. The third-order valence-corrected chi connectivity index (χ3v) is 3.90. The van der Waals surface area contributed by atoms with Gasteiger partial charge >= 0.3 is 0 Å². The molecule has 0 saturated carbocycles. The van der Waals surface area contributed by atoms with Gasteiger partial charge in [0.1, 0.15) is 0 Å². The molecular formula is C13H19N3O2S. The number of imidazole rings is 1. The molecule has 6 heteroatoms. The van der Waals surface area contributed by atoms with E-state index in [0.717, 1.165) is 21.9 Å². The summed E-state index contributed by atoms with van der Waals surface area (Å²) in [6, 6.07) is 3.75. The van der Waals surface area contributed by atoms with Crippen LogP contribution in [0.25, 0.3) is 11.0 Å². The fraction of sp³-hybridized carbons (Fsp3) is 0.462. The summed E-state index contributed by atoms with van der Waals surface area (Å²) in [4.78, 5) is 7.77. The monoisotopic (exact) mass is 281 g/mol. The molecule has 0 saturated heterocycles. The number of aromatic nitrogens is 2. The Morgan fingerprint density at radius 3 is 2.47 bits per heavy atom. The zero-order valence-corrected chi connectivity index (χ0v) is 12.4. The van der Waals surface area contributed by atoms with Crippen LogP contribution >= 0.6 is 11.8 Å². The van der Waals surface area contributed by atoms with Crippen LogP contribution in [0, 0.1) is 0 Å². The zero-order valence-electron chi connectivity index (χ0n) is 11.6. The van der Waals surface area contributed by atoms with Crippen molar-refractivity contribution in [1.29, 1.82) is 0 Å². The second-order valence-electron chi connectivity index (χ2n) is 5.04. The molecule has 1 aromatic carbocycles. The molecule has 0 atom stereocenters. The van der Waals surface area contributed by atoms with Gasteiger partial charge in [-0.25, -0.2) is 4.98 Å². The van der Waals surface area contributed by atoms with Crippen LogP contribution in [0.4, 0.5) is 0 Å². The van der Waals surface area contributed by atoms with E-state index < -0.39 is 0 Å². The van der Waals surface area contributed by atoms with Crippen LogP contribution < -0.4 is 15.2 Å². The Bertz CT molecular complexity index is 534. The fourth-order valence-corrected chi connectivity index (χ4v) is 2.49. The standard InChI is InChI=1S/C13H19N3O2S/c1-13(2,14)7-19-12-15-8-5-10(17-3)11(18-4)6-9(8)16-12/h5-6H,7,14H2,1-4H3,(H,15,16). The van der Waals surface area contributed by atoms with Gasteiger partial charge in [0, 0.05) is 23.4 Å². The molecule has 3 N–H and O–H groups in total. The van der Waals surface area contributed by atoms with Crippen molar-refractivity contribution in [3.8, 4) is 11.5 Å². The number of hydrogen-bond donors (Lipinski definition) is 2. The van der Waals surface area contributed by atoms with E-state index in [1.165, 1.54) is 0 Å². The molecule has 5 nitrogen and oxygen atoms in total. The first kappa shape index (κ1) is 14.0. The van der Waals surface area contributed by atoms with Crippen LogP contribution in [-0.2, 0) is 0 Å². The highest BCUT2D eigenvalue weighted by Gasteiger charge is 2.14. The number of nitrogens with two attached hydrogens (primary N) is 1. The van der Waals surface area contributed by atoms with Crippen LogP contribution in [0.15, 0.2) is 17.3 Å². The van der Waals surface area contributed by atoms with E-state index >= 15 is 0 Å². The van der Waals surface area contributed by atoms with Gasteiger partial charge in [-0.3, -0.25) is 0 Å². The largest absolute Gasteiger partial charge is 0.493 e. The molecule has 2 aromatic rings. The van der Waals surface area contributed by atoms with Crippen molar-refractivity contribution in [2.24, 2.45) is 5.73 Å². The molecule has 0 aliphatic rings. The number of hydrogen-bond acceptors (Lipinski definition) is 5. The van der Waals surface area contributed by atoms with Gasteiger partial charge in [0.2, 0.25) is 0 Å². The number of H-pyrrole nitrogens is 1. The summed E-state index contributed by atoms with van der Waals surface area (Å²) in [6.07, 6.45) is 0. The van der Waals surface area contributed by atoms with E-state index in [9.17, 15) is 0 Å². The molecule has 0 aliphatic heterocycles. The van der Waals surface area contributed by atoms with Gasteiger partial charge in [0.25, 0.3) is 0 Å². The highest BCUT2D eigenvalue weighted by atomic mass is 32.2. The summed E-state index contributed by atoms with van der Waals surface area (Å²) < 4.78 is 10.5. The number of nitrogens with zero attached hydrogens (tertiary/aromatic N) is 1. The lowest BCUT2D eigenvalue weighted by molar-refractivity contribution is 0.356. The average Bonchev–Trinajstić information content (AvgIpc) is 2.75. The molecule has 0 fully saturated rings. The Balaban J connectivity index is 2.30. The van der Waals surface area contributed by atoms with Crippen molar-refractivity contribution in [2.45, 2.75) is 24.5 Å². The van der Waals surface area contributed by atoms with Gasteiger partial charge in [-0.2, -0.15) is 0 Å². The summed E-state index contributed by atoms with van der Waals surface area (Å²) in [6.45, 7) is 3.99. The summed E-state index contributed by atoms with van der Waals surface area (Å²) in [5.41, 5.74) is 7.53. The van der Waals surface area contributed by atoms with Crippen molar-refractivity contribution in [2.75, 3.05) is 20.0 Å². The molecule has 0 radical (unpaired) electrons. The normalized spacial score (nSPS) is 11.8. The van der Waals surface area contributed by atoms with E-state index in [1.807, 2.05) is 26.0 Å². The first-order valence-corrected chi connectivity index (χ1v) is 6.95. The first-order valence-electron chi connectivity index (χ1n) is 5.96. The van der Waals surface area contributed by atoms with Crippen LogP contribution in [0.5, 0.6) is 11.5 Å². The molecule has 0 aliphatic carbocycles. The number of fused-ring (bicyclic) bond motifs is 1. The summed E-state index contributed by atoms with van der Waals surface area (Å²) in [5.74, 6) is 2.16. The molecule has 0 bridgehead atoms. The number of methoxy groups -OCH3 is 2. The van der Waals surface area contributed by atoms with Crippen LogP contribution in [0.3, 0.4) is 0 Å². The average molecular weight is 281 g/mol. The maximum absolute atomic E-state index is 5.97. The van der Waals surface area contributed by atoms with Gasteiger partial charge in [0.05, 0.1) is 25.3 Å². The number of aromatic amines is 1. The lowest BCUT2D eigenvalue weighted by atomic mass is 10.1. The Hall–Kier alpha value is -1.40. The topological polar surface area (TPSA) is 73.2 Å². The molecule has 0 amide bonds. The molecule has 19 heavy (non-hydrogen) atoms. The van der Waals surface area contributed by atoms with E-state index in [1.54, 1.807) is 26.0 Å². The van der Waals surface area contributed by atoms with Crippen molar-refractivity contribution < 1.29 is 9.47 Å². The van der Waals surface area contributed by atoms with E-state index in [0.29, 0.717) is 11.5 Å². The molecule has 104 valence electrons. The summed E-state index contributed by atoms with van der Waals surface area (Å²) in [7, 11) is 3.23. The van der Waals surface area contributed by atoms with Crippen molar-refractivity contribution in [3.05, 3.63) is 12.1 Å². The lowest BCUT2D eigenvalue weighted by Gasteiger charge is -2.16. The second kappa shape index (κ2) is 5.30. The minimum Gasteiger partial charge on any atom is -0.493 e. The second-order valence-corrected chi connectivity index (χ2v) is 6.01. The Kier molecular flexibility index (Phi) is 3.91. The van der Waals surface area contributed by atoms with E-state index in [-0.39, 0.29) is 5.54 Å². The summed E-state index contributed by atoms with van der Waals surface area (Å²) in [5, 5.41) is 0.851. The Morgan fingerprint density at radius 1 is 1.26 bits per heavy atom. The third kappa shape index (κ3) is 3.33. The quantitative estimate of drug-likeness (QED) is 0.823. The zero-order chi connectivity index (χ0) is 14.0. The van der Waals surface area contributed by atoms with E-state index in [2.05, 4.69) is 9.97 Å². The summed E-state index contributed by atoms with van der Waals surface area (Å²) >= 11 is 1.61. The number of nitrogens with one attached hydrogen (secondary N) is 1. The predicted octanol–water partition coefficient (Wildman–Crippen LogP) is 2.41. The number of rotatable bonds is 5. The van der Waals surface area contributed by atoms with Crippen molar-refractivity contribution in [1.82, 2.24) is 9.97 Å². The van der Waals surface area contributed by atoms with Crippen LogP contribution in [-0.4, -0.2) is 35.5 Å². The van der Waals surface area contributed by atoms with Gasteiger partial charge in [-0.05, 0) is 13.8 Å². The highest BCUT2D eigenvalue weighted by Crippen LogP contribution is 2.32. The van der Waals surface area contributed by atoms with Gasteiger partial charge < -0.3 is 20.2 Å². The number of thioether (sulfide) groups is 1. The first-order chi connectivity index (χ1) is 8.93. The predicted molar refractivity (Wildman–Crippen MR) is 78.2 cm³/mol. The van der Waals surface area contributed by atoms with Crippen molar-refractivity contribution in [3.63, 3.8) is 0 Å². The minimum absolute atomic E-state index is 0.223. The van der Waals surface area contributed by atoms with Crippen LogP contribution in [0.2, 0.25) is 0 Å². The molecule has 1 heterocycles. The molecule has 1 aromatic heterocycles. The molecular weight excluding hydrogens is 262 g/mol. The smallest absolute Gasteiger partial charge is 0.166 e. The van der Waals surface area contributed by atoms with Gasteiger partial charge in [-0.1, -0.05) is 11.8 Å². The molecule has 0 unspecified atom stereocenters. The van der Waals surface area contributed by atoms with Crippen LogP contribution in [0.1, 0.15) is 13.8 Å². The minimum atomic E-state index is -0.223. The lowest BCUT2D eigenvalue weighted by Crippen LogP contribution is -2.34. The SMILES string of the molecule is COc1cc2nc(SCC(C)(C)N)[nH]c2cc1OC. The third-order valence-electron chi connectivity index (χ3n) is 2.55. The van der Waals surface area contributed by atoms with Gasteiger partial charge in [0.15, 0.2) is 16.7 Å². The fourth-order valence-electron chi connectivity index (χ4n) is 1.64. The highest BCUT2D eigenvalue weighted by molar-refractivity contribution is 7.99. The number of ether oxygens (including phenoxy) is 2. The Morgan fingerprint density at radius 2 is 1.89 bits per heavy atom.